The van der Waals surface area contributed by atoms with E-state index in [0.717, 1.165) is 13.0 Å². The number of nitrogens with two attached hydrogens (primary N) is 1. The maximum absolute atomic E-state index is 14.0. The molecule has 4 heteroatoms. The molecule has 1 aromatic carbocycles. The second-order valence-electron chi connectivity index (χ2n) is 4.86. The first-order valence-corrected chi connectivity index (χ1v) is 6.96. The lowest BCUT2D eigenvalue weighted by Crippen LogP contribution is -2.36. The molecule has 0 spiro atoms. The predicted octanol–water partition coefficient (Wildman–Crippen LogP) is 3.35. The summed E-state index contributed by atoms with van der Waals surface area (Å²) in [6.07, 6.45) is 3.41. The molecule has 2 rings (SSSR count). The van der Waals surface area contributed by atoms with E-state index in [-0.39, 0.29) is 11.9 Å². The number of hydrogen-bond donors (Lipinski definition) is 1. The third-order valence-electron chi connectivity index (χ3n) is 3.45. The highest BCUT2D eigenvalue weighted by Crippen LogP contribution is 2.37. The first-order valence-electron chi connectivity index (χ1n) is 6.58. The van der Waals surface area contributed by atoms with Gasteiger partial charge in [-0.15, -0.1) is 0 Å². The minimum Gasteiger partial charge on any atom is -0.329 e. The van der Waals surface area contributed by atoms with Crippen LogP contribution in [0.2, 0.25) is 5.02 Å². The van der Waals surface area contributed by atoms with Crippen LogP contribution in [0.3, 0.4) is 0 Å². The highest BCUT2D eigenvalue weighted by atomic mass is 35.5. The maximum atomic E-state index is 14.0. The van der Waals surface area contributed by atoms with Gasteiger partial charge in [0.05, 0.1) is 6.04 Å². The number of rotatable bonds is 6. The van der Waals surface area contributed by atoms with Gasteiger partial charge in [-0.25, -0.2) is 4.39 Å². The Morgan fingerprint density at radius 1 is 1.50 bits per heavy atom. The quantitative estimate of drug-likeness (QED) is 0.859. The fraction of sp³-hybridized carbons (Fsp3) is 0.571. The Morgan fingerprint density at radius 2 is 2.22 bits per heavy atom. The van der Waals surface area contributed by atoms with Crippen LogP contribution in [-0.2, 0) is 0 Å². The molecule has 1 saturated carbocycles. The monoisotopic (exact) mass is 270 g/mol. The van der Waals surface area contributed by atoms with Crippen molar-refractivity contribution < 1.29 is 4.39 Å². The summed E-state index contributed by atoms with van der Waals surface area (Å²) in [5.74, 6) is -0.250. The molecule has 0 saturated heterocycles. The van der Waals surface area contributed by atoms with Crippen molar-refractivity contribution in [3.8, 4) is 0 Å². The van der Waals surface area contributed by atoms with Crippen LogP contribution >= 0.6 is 11.6 Å². The average molecular weight is 271 g/mol. The van der Waals surface area contributed by atoms with E-state index in [1.54, 1.807) is 12.1 Å². The summed E-state index contributed by atoms with van der Waals surface area (Å²) < 4.78 is 14.0. The standard InChI is InChI=1S/C14H20ClFN2/c1-2-8-18(10-6-7-10)13(9-17)14-11(15)4-3-5-12(14)16/h3-5,10,13H,2,6-9,17H2,1H3. The molecule has 1 fully saturated rings. The zero-order valence-corrected chi connectivity index (χ0v) is 11.5. The van der Waals surface area contributed by atoms with Crippen LogP contribution in [0.25, 0.3) is 0 Å². The molecule has 0 radical (unpaired) electrons. The first-order chi connectivity index (χ1) is 8.69. The zero-order valence-electron chi connectivity index (χ0n) is 10.7. The summed E-state index contributed by atoms with van der Waals surface area (Å²) in [7, 11) is 0. The highest BCUT2D eigenvalue weighted by molar-refractivity contribution is 6.31. The van der Waals surface area contributed by atoms with E-state index < -0.39 is 0 Å². The highest BCUT2D eigenvalue weighted by Gasteiger charge is 2.35. The van der Waals surface area contributed by atoms with Gasteiger partial charge in [-0.1, -0.05) is 24.6 Å². The number of hydrogen-bond acceptors (Lipinski definition) is 2. The Balaban J connectivity index is 2.31. The normalized spacial score (nSPS) is 17.2. The minimum atomic E-state index is -0.250. The summed E-state index contributed by atoms with van der Waals surface area (Å²) in [6, 6.07) is 5.27. The van der Waals surface area contributed by atoms with E-state index in [9.17, 15) is 4.39 Å². The number of halogens is 2. The average Bonchev–Trinajstić information content (AvgIpc) is 3.16. The summed E-state index contributed by atoms with van der Waals surface area (Å²) in [5.41, 5.74) is 6.43. The van der Waals surface area contributed by atoms with E-state index >= 15 is 0 Å². The molecule has 2 nitrogen and oxygen atoms in total. The topological polar surface area (TPSA) is 29.3 Å². The molecular formula is C14H20ClFN2. The van der Waals surface area contributed by atoms with Gasteiger partial charge in [0.1, 0.15) is 5.82 Å². The number of benzene rings is 1. The molecule has 1 aliphatic carbocycles. The van der Waals surface area contributed by atoms with Crippen molar-refractivity contribution in [2.45, 2.75) is 38.3 Å². The molecule has 0 amide bonds. The third-order valence-corrected chi connectivity index (χ3v) is 3.78. The van der Waals surface area contributed by atoms with Crippen molar-refractivity contribution in [2.75, 3.05) is 13.1 Å². The lowest BCUT2D eigenvalue weighted by atomic mass is 10.0. The summed E-state index contributed by atoms with van der Waals surface area (Å²) in [6.45, 7) is 3.47. The Hall–Kier alpha value is -0.640. The molecule has 100 valence electrons. The van der Waals surface area contributed by atoms with Gasteiger partial charge in [0, 0.05) is 23.2 Å². The third kappa shape index (κ3) is 2.85. The van der Waals surface area contributed by atoms with Gasteiger partial charge in [-0.05, 0) is 37.9 Å². The molecule has 0 aromatic heterocycles. The van der Waals surface area contributed by atoms with Gasteiger partial charge in [0.25, 0.3) is 0 Å². The molecule has 1 unspecified atom stereocenters. The van der Waals surface area contributed by atoms with E-state index in [1.807, 2.05) is 0 Å². The van der Waals surface area contributed by atoms with Crippen LogP contribution in [0.5, 0.6) is 0 Å². The summed E-state index contributed by atoms with van der Waals surface area (Å²) in [5, 5.41) is 0.479. The van der Waals surface area contributed by atoms with E-state index in [0.29, 0.717) is 23.2 Å². The lowest BCUT2D eigenvalue weighted by molar-refractivity contribution is 0.188. The summed E-state index contributed by atoms with van der Waals surface area (Å²) >= 11 is 6.15. The molecule has 0 aliphatic heterocycles. The fourth-order valence-corrected chi connectivity index (χ4v) is 2.79. The SMILES string of the molecule is CCCN(C1CC1)C(CN)c1c(F)cccc1Cl. The van der Waals surface area contributed by atoms with Crippen LogP contribution in [0.1, 0.15) is 37.8 Å². The Bertz CT molecular complexity index is 387. The molecule has 0 bridgehead atoms. The van der Waals surface area contributed by atoms with Gasteiger partial charge in [0.15, 0.2) is 0 Å². The molecule has 2 N–H and O–H groups in total. The second kappa shape index (κ2) is 6.00. The molecule has 1 aromatic rings. The Kier molecular flexibility index (Phi) is 4.60. The molecule has 1 atom stereocenters. The fourth-order valence-electron chi connectivity index (χ4n) is 2.51. The zero-order chi connectivity index (χ0) is 13.1. The number of nitrogens with zero attached hydrogens (tertiary/aromatic N) is 1. The van der Waals surface area contributed by atoms with E-state index in [1.165, 1.54) is 18.9 Å². The van der Waals surface area contributed by atoms with E-state index in [2.05, 4.69) is 11.8 Å². The lowest BCUT2D eigenvalue weighted by Gasteiger charge is -2.31. The van der Waals surface area contributed by atoms with Crippen molar-refractivity contribution in [3.63, 3.8) is 0 Å². The van der Waals surface area contributed by atoms with Gasteiger partial charge < -0.3 is 5.73 Å². The van der Waals surface area contributed by atoms with Crippen molar-refractivity contribution in [1.29, 1.82) is 0 Å². The van der Waals surface area contributed by atoms with Gasteiger partial charge in [-0.2, -0.15) is 0 Å². The predicted molar refractivity (Wildman–Crippen MR) is 73.2 cm³/mol. The van der Waals surface area contributed by atoms with Gasteiger partial charge in [0.2, 0.25) is 0 Å². The van der Waals surface area contributed by atoms with Crippen LogP contribution in [0.15, 0.2) is 18.2 Å². The Labute approximate surface area is 113 Å². The van der Waals surface area contributed by atoms with Crippen LogP contribution < -0.4 is 5.73 Å². The summed E-state index contributed by atoms with van der Waals surface area (Å²) in [4.78, 5) is 2.31. The molecule has 0 heterocycles. The van der Waals surface area contributed by atoms with Crippen LogP contribution in [0, 0.1) is 5.82 Å². The van der Waals surface area contributed by atoms with Gasteiger partial charge in [-0.3, -0.25) is 4.90 Å². The van der Waals surface area contributed by atoms with E-state index in [4.69, 9.17) is 17.3 Å². The Morgan fingerprint density at radius 3 is 2.72 bits per heavy atom. The second-order valence-corrected chi connectivity index (χ2v) is 5.26. The van der Waals surface area contributed by atoms with Crippen molar-refractivity contribution >= 4 is 11.6 Å². The molecule has 1 aliphatic rings. The smallest absolute Gasteiger partial charge is 0.129 e. The van der Waals surface area contributed by atoms with Crippen molar-refractivity contribution in [1.82, 2.24) is 4.90 Å². The van der Waals surface area contributed by atoms with Crippen LogP contribution in [0.4, 0.5) is 4.39 Å². The maximum Gasteiger partial charge on any atom is 0.129 e. The van der Waals surface area contributed by atoms with Crippen molar-refractivity contribution in [3.05, 3.63) is 34.6 Å². The molecule has 18 heavy (non-hydrogen) atoms. The largest absolute Gasteiger partial charge is 0.329 e. The van der Waals surface area contributed by atoms with Crippen molar-refractivity contribution in [2.24, 2.45) is 5.73 Å². The van der Waals surface area contributed by atoms with Gasteiger partial charge >= 0.3 is 0 Å². The molecular weight excluding hydrogens is 251 g/mol. The first kappa shape index (κ1) is 13.8. The minimum absolute atomic E-state index is 0.105. The van der Waals surface area contributed by atoms with Crippen LogP contribution in [-0.4, -0.2) is 24.0 Å².